The second kappa shape index (κ2) is 3.18. The monoisotopic (exact) mass is 154 g/mol. The molecule has 0 spiro atoms. The van der Waals surface area contributed by atoms with E-state index in [4.69, 9.17) is 0 Å². The third kappa shape index (κ3) is 2.07. The number of amides is 1. The van der Waals surface area contributed by atoms with Crippen molar-refractivity contribution in [1.82, 2.24) is 10.5 Å². The first kappa shape index (κ1) is 7.78. The number of hydrogen-bond acceptors (Lipinski definition) is 3. The van der Waals surface area contributed by atoms with Crippen LogP contribution in [-0.4, -0.2) is 17.1 Å². The van der Waals surface area contributed by atoms with Crippen LogP contribution in [0.4, 0.5) is 0 Å². The first-order chi connectivity index (χ1) is 5.20. The molecular formula is C7H10N2O2. The summed E-state index contributed by atoms with van der Waals surface area (Å²) in [5.74, 6) is -0.200. The van der Waals surface area contributed by atoms with E-state index in [1.165, 1.54) is 12.3 Å². The van der Waals surface area contributed by atoms with E-state index in [1.54, 1.807) is 0 Å². The average molecular weight is 154 g/mol. The topological polar surface area (TPSA) is 55.1 Å². The number of hydrogen-bond donors (Lipinski definition) is 1. The lowest BCUT2D eigenvalue weighted by Gasteiger charge is -2.04. The maximum atomic E-state index is 11.1. The van der Waals surface area contributed by atoms with Crippen LogP contribution >= 0.6 is 0 Å². The maximum absolute atomic E-state index is 11.1. The van der Waals surface area contributed by atoms with Crippen molar-refractivity contribution < 1.29 is 9.32 Å². The summed E-state index contributed by atoms with van der Waals surface area (Å²) in [6.45, 7) is 3.77. The molecule has 1 heterocycles. The van der Waals surface area contributed by atoms with Gasteiger partial charge in [0, 0.05) is 12.1 Å². The van der Waals surface area contributed by atoms with Gasteiger partial charge >= 0.3 is 0 Å². The minimum Gasteiger partial charge on any atom is -0.364 e. The Balaban J connectivity index is 2.57. The standard InChI is InChI=1S/C7H10N2O2/c1-5(2)8-7(10)6-3-4-11-9-6/h3-5H,1-2H3,(H,8,10). The Hall–Kier alpha value is -1.32. The summed E-state index contributed by atoms with van der Waals surface area (Å²) in [5.41, 5.74) is 0.318. The van der Waals surface area contributed by atoms with Gasteiger partial charge in [0.05, 0.1) is 0 Å². The highest BCUT2D eigenvalue weighted by Gasteiger charge is 2.08. The summed E-state index contributed by atoms with van der Waals surface area (Å²) >= 11 is 0. The Morgan fingerprint density at radius 3 is 2.91 bits per heavy atom. The summed E-state index contributed by atoms with van der Waals surface area (Å²) < 4.78 is 4.51. The van der Waals surface area contributed by atoms with Crippen molar-refractivity contribution in [3.05, 3.63) is 18.0 Å². The van der Waals surface area contributed by atoms with Crippen molar-refractivity contribution in [3.8, 4) is 0 Å². The van der Waals surface area contributed by atoms with E-state index < -0.39 is 0 Å². The van der Waals surface area contributed by atoms with Crippen LogP contribution in [0.1, 0.15) is 24.3 Å². The Labute approximate surface area is 64.6 Å². The van der Waals surface area contributed by atoms with E-state index in [1.807, 2.05) is 13.8 Å². The number of nitrogens with zero attached hydrogens (tertiary/aromatic N) is 1. The number of rotatable bonds is 2. The molecule has 11 heavy (non-hydrogen) atoms. The molecule has 60 valence electrons. The minimum atomic E-state index is -0.200. The lowest BCUT2D eigenvalue weighted by Crippen LogP contribution is -2.30. The normalized spacial score (nSPS) is 10.1. The van der Waals surface area contributed by atoms with Crippen molar-refractivity contribution in [2.75, 3.05) is 0 Å². The highest BCUT2D eigenvalue weighted by Crippen LogP contribution is 1.94. The molecule has 0 aliphatic rings. The fourth-order valence-corrected chi connectivity index (χ4v) is 0.666. The van der Waals surface area contributed by atoms with E-state index >= 15 is 0 Å². The van der Waals surface area contributed by atoms with Gasteiger partial charge in [0.25, 0.3) is 5.91 Å². The fraction of sp³-hybridized carbons (Fsp3) is 0.429. The molecule has 1 aromatic rings. The van der Waals surface area contributed by atoms with E-state index in [0.29, 0.717) is 5.69 Å². The van der Waals surface area contributed by atoms with Gasteiger partial charge in [-0.1, -0.05) is 5.16 Å². The predicted octanol–water partition coefficient (Wildman–Crippen LogP) is 0.813. The van der Waals surface area contributed by atoms with Gasteiger partial charge in [0.15, 0.2) is 5.69 Å². The van der Waals surface area contributed by atoms with Crippen LogP contribution in [0.15, 0.2) is 16.9 Å². The second-order valence-corrected chi connectivity index (χ2v) is 2.51. The molecule has 4 heteroatoms. The molecule has 0 atom stereocenters. The Morgan fingerprint density at radius 1 is 1.73 bits per heavy atom. The molecule has 1 N–H and O–H groups in total. The minimum absolute atomic E-state index is 0.124. The zero-order valence-corrected chi connectivity index (χ0v) is 6.50. The van der Waals surface area contributed by atoms with Crippen LogP contribution in [-0.2, 0) is 0 Å². The summed E-state index contributed by atoms with van der Waals surface area (Å²) in [5, 5.41) is 6.17. The zero-order chi connectivity index (χ0) is 8.27. The quantitative estimate of drug-likeness (QED) is 0.685. The fourth-order valence-electron chi connectivity index (χ4n) is 0.666. The summed E-state index contributed by atoms with van der Waals surface area (Å²) in [7, 11) is 0. The van der Waals surface area contributed by atoms with Gasteiger partial charge < -0.3 is 9.84 Å². The van der Waals surface area contributed by atoms with Crippen molar-refractivity contribution >= 4 is 5.91 Å². The van der Waals surface area contributed by atoms with Gasteiger partial charge in [-0.15, -0.1) is 0 Å². The van der Waals surface area contributed by atoms with Crippen molar-refractivity contribution in [3.63, 3.8) is 0 Å². The van der Waals surface area contributed by atoms with Crippen LogP contribution in [0.5, 0.6) is 0 Å². The highest BCUT2D eigenvalue weighted by molar-refractivity contribution is 5.92. The third-order valence-corrected chi connectivity index (χ3v) is 1.09. The maximum Gasteiger partial charge on any atom is 0.273 e. The molecule has 0 aliphatic carbocycles. The van der Waals surface area contributed by atoms with Gasteiger partial charge in [-0.3, -0.25) is 4.79 Å². The van der Waals surface area contributed by atoms with Crippen molar-refractivity contribution in [2.24, 2.45) is 0 Å². The highest BCUT2D eigenvalue weighted by atomic mass is 16.5. The zero-order valence-electron chi connectivity index (χ0n) is 6.50. The molecule has 1 amide bonds. The van der Waals surface area contributed by atoms with Crippen LogP contribution in [0.3, 0.4) is 0 Å². The molecule has 4 nitrogen and oxygen atoms in total. The molecule has 0 saturated heterocycles. The van der Waals surface area contributed by atoms with Gasteiger partial charge in [-0.05, 0) is 13.8 Å². The van der Waals surface area contributed by atoms with Gasteiger partial charge in [0.1, 0.15) is 6.26 Å². The van der Waals surface area contributed by atoms with E-state index in [-0.39, 0.29) is 11.9 Å². The Kier molecular flexibility index (Phi) is 2.25. The van der Waals surface area contributed by atoms with E-state index in [2.05, 4.69) is 15.0 Å². The Bertz CT molecular complexity index is 229. The summed E-state index contributed by atoms with van der Waals surface area (Å²) in [6, 6.07) is 1.65. The second-order valence-electron chi connectivity index (χ2n) is 2.51. The van der Waals surface area contributed by atoms with Gasteiger partial charge in [0.2, 0.25) is 0 Å². The van der Waals surface area contributed by atoms with Crippen LogP contribution in [0.25, 0.3) is 0 Å². The Morgan fingerprint density at radius 2 is 2.45 bits per heavy atom. The number of carbonyl (C=O) groups is 1. The first-order valence-corrected chi connectivity index (χ1v) is 3.41. The third-order valence-electron chi connectivity index (χ3n) is 1.09. The van der Waals surface area contributed by atoms with Gasteiger partial charge in [-0.25, -0.2) is 0 Å². The molecule has 0 aromatic carbocycles. The molecule has 0 fully saturated rings. The van der Waals surface area contributed by atoms with Gasteiger partial charge in [-0.2, -0.15) is 0 Å². The lowest BCUT2D eigenvalue weighted by atomic mass is 10.3. The molecule has 1 rings (SSSR count). The smallest absolute Gasteiger partial charge is 0.273 e. The molecule has 0 unspecified atom stereocenters. The lowest BCUT2D eigenvalue weighted by molar-refractivity contribution is 0.0934. The van der Waals surface area contributed by atoms with Crippen LogP contribution in [0.2, 0.25) is 0 Å². The summed E-state index contributed by atoms with van der Waals surface area (Å²) in [6.07, 6.45) is 1.37. The summed E-state index contributed by atoms with van der Waals surface area (Å²) in [4.78, 5) is 11.1. The molecule has 0 saturated carbocycles. The number of aromatic nitrogens is 1. The molecule has 0 radical (unpaired) electrons. The number of nitrogens with one attached hydrogen (secondary N) is 1. The SMILES string of the molecule is CC(C)NC(=O)c1ccon1. The largest absolute Gasteiger partial charge is 0.364 e. The van der Waals surface area contributed by atoms with E-state index in [9.17, 15) is 4.79 Å². The molecule has 0 aliphatic heterocycles. The molecular weight excluding hydrogens is 144 g/mol. The average Bonchev–Trinajstić information content (AvgIpc) is 2.35. The predicted molar refractivity (Wildman–Crippen MR) is 39.1 cm³/mol. The van der Waals surface area contributed by atoms with E-state index in [0.717, 1.165) is 0 Å². The van der Waals surface area contributed by atoms with Crippen molar-refractivity contribution in [2.45, 2.75) is 19.9 Å². The van der Waals surface area contributed by atoms with Crippen LogP contribution in [0, 0.1) is 0 Å². The van der Waals surface area contributed by atoms with Crippen molar-refractivity contribution in [1.29, 1.82) is 0 Å². The molecule has 1 aromatic heterocycles. The van der Waals surface area contributed by atoms with Crippen LogP contribution < -0.4 is 5.32 Å². The first-order valence-electron chi connectivity index (χ1n) is 3.41. The molecule has 0 bridgehead atoms. The number of carbonyl (C=O) groups excluding carboxylic acids is 1.